The Balaban J connectivity index is 1.60. The number of hydrogen-bond donors (Lipinski definition) is 1. The van der Waals surface area contributed by atoms with Gasteiger partial charge in [-0.15, -0.1) is 5.16 Å². The molecule has 0 aliphatic heterocycles. The second-order valence-corrected chi connectivity index (χ2v) is 10.0. The molecule has 0 bridgehead atoms. The van der Waals surface area contributed by atoms with Gasteiger partial charge in [0.25, 0.3) is 0 Å². The van der Waals surface area contributed by atoms with E-state index in [1.54, 1.807) is 0 Å². The fraction of sp³-hybridized carbons (Fsp3) is 0.952. The van der Waals surface area contributed by atoms with Gasteiger partial charge in [0.2, 0.25) is 0 Å². The molecular weight excluding hydrogens is 282 g/mol. The van der Waals surface area contributed by atoms with Crippen molar-refractivity contribution in [2.45, 2.75) is 78.6 Å². The molecule has 4 fully saturated rings. The third-order valence-corrected chi connectivity index (χ3v) is 9.25. The Morgan fingerprint density at radius 1 is 0.913 bits per heavy atom. The van der Waals surface area contributed by atoms with Crippen LogP contribution < -0.4 is 0 Å². The second-order valence-electron chi connectivity index (χ2n) is 10.0. The summed E-state index contributed by atoms with van der Waals surface area (Å²) < 4.78 is 0. The van der Waals surface area contributed by atoms with E-state index in [4.69, 9.17) is 5.21 Å². The third kappa shape index (κ3) is 2.23. The number of fused-ring (bicyclic) bond motifs is 5. The maximum absolute atomic E-state index is 9.05. The molecule has 0 saturated heterocycles. The number of nitrogens with zero attached hydrogens (tertiary/aromatic N) is 1. The molecule has 4 aliphatic rings. The molecule has 23 heavy (non-hydrogen) atoms. The lowest BCUT2D eigenvalue weighted by molar-refractivity contribution is -0.113. The van der Waals surface area contributed by atoms with Crippen LogP contribution in [0.15, 0.2) is 5.16 Å². The van der Waals surface area contributed by atoms with Crippen molar-refractivity contribution in [3.05, 3.63) is 0 Å². The van der Waals surface area contributed by atoms with Crippen LogP contribution in [-0.2, 0) is 0 Å². The summed E-state index contributed by atoms with van der Waals surface area (Å²) in [5, 5.41) is 12.5. The van der Waals surface area contributed by atoms with Crippen molar-refractivity contribution in [2.24, 2.45) is 51.5 Å². The van der Waals surface area contributed by atoms with E-state index in [1.807, 2.05) is 6.21 Å². The van der Waals surface area contributed by atoms with Crippen LogP contribution in [0.4, 0.5) is 0 Å². The summed E-state index contributed by atoms with van der Waals surface area (Å²) in [7, 11) is 0. The van der Waals surface area contributed by atoms with Gasteiger partial charge >= 0.3 is 0 Å². The molecule has 0 amide bonds. The lowest BCUT2D eigenvalue weighted by Crippen LogP contribution is -2.53. The van der Waals surface area contributed by atoms with E-state index in [0.29, 0.717) is 16.7 Å². The molecular formula is C21H35NO. The topological polar surface area (TPSA) is 32.6 Å². The van der Waals surface area contributed by atoms with E-state index < -0.39 is 0 Å². The van der Waals surface area contributed by atoms with Crippen LogP contribution in [0.1, 0.15) is 78.6 Å². The number of rotatable bonds is 1. The fourth-order valence-electron chi connectivity index (χ4n) is 7.84. The van der Waals surface area contributed by atoms with E-state index in [0.717, 1.165) is 29.6 Å². The number of hydrogen-bond acceptors (Lipinski definition) is 2. The smallest absolute Gasteiger partial charge is 0.0472 e. The minimum atomic E-state index is 0.401. The molecule has 0 aromatic heterocycles. The van der Waals surface area contributed by atoms with Gasteiger partial charge in [-0.05, 0) is 91.8 Å². The summed E-state index contributed by atoms with van der Waals surface area (Å²) in [5.41, 5.74) is 1.03. The highest BCUT2D eigenvalue weighted by atomic mass is 16.4. The van der Waals surface area contributed by atoms with E-state index in [1.165, 1.54) is 57.8 Å². The molecule has 4 aliphatic carbocycles. The molecule has 1 N–H and O–H groups in total. The molecule has 8 unspecified atom stereocenters. The van der Waals surface area contributed by atoms with Crippen molar-refractivity contribution in [1.29, 1.82) is 0 Å². The quantitative estimate of drug-likeness (QED) is 0.373. The van der Waals surface area contributed by atoms with Gasteiger partial charge in [-0.2, -0.15) is 0 Å². The van der Waals surface area contributed by atoms with E-state index in [-0.39, 0.29) is 0 Å². The first-order valence-corrected chi connectivity index (χ1v) is 10.2. The highest BCUT2D eigenvalue weighted by Gasteiger charge is 2.59. The number of oxime groups is 1. The molecule has 0 aromatic carbocycles. The summed E-state index contributed by atoms with van der Waals surface area (Å²) in [6.45, 7) is 7.63. The van der Waals surface area contributed by atoms with Crippen molar-refractivity contribution in [3.8, 4) is 0 Å². The third-order valence-electron chi connectivity index (χ3n) is 9.25. The van der Waals surface area contributed by atoms with Crippen molar-refractivity contribution in [3.63, 3.8) is 0 Å². The zero-order valence-corrected chi connectivity index (χ0v) is 15.3. The van der Waals surface area contributed by atoms with E-state index in [9.17, 15) is 0 Å². The van der Waals surface area contributed by atoms with Crippen molar-refractivity contribution >= 4 is 6.21 Å². The minimum Gasteiger partial charge on any atom is -0.411 e. The van der Waals surface area contributed by atoms with Gasteiger partial charge in [0.1, 0.15) is 0 Å². The van der Waals surface area contributed by atoms with Gasteiger partial charge in [0, 0.05) is 12.1 Å². The van der Waals surface area contributed by atoms with E-state index >= 15 is 0 Å². The second kappa shape index (κ2) is 5.49. The van der Waals surface area contributed by atoms with E-state index in [2.05, 4.69) is 25.9 Å². The van der Waals surface area contributed by atoms with Crippen LogP contribution in [-0.4, -0.2) is 11.4 Å². The van der Waals surface area contributed by atoms with Gasteiger partial charge in [-0.1, -0.05) is 27.2 Å². The molecule has 0 heterocycles. The Morgan fingerprint density at radius 2 is 1.65 bits per heavy atom. The Bertz CT molecular complexity index is 488. The van der Waals surface area contributed by atoms with Crippen molar-refractivity contribution < 1.29 is 5.21 Å². The van der Waals surface area contributed by atoms with Crippen molar-refractivity contribution in [1.82, 2.24) is 0 Å². The zero-order chi connectivity index (χ0) is 16.2. The Morgan fingerprint density at radius 3 is 2.43 bits per heavy atom. The average molecular weight is 318 g/mol. The van der Waals surface area contributed by atoms with Crippen LogP contribution in [0.3, 0.4) is 0 Å². The average Bonchev–Trinajstić information content (AvgIpc) is 2.85. The van der Waals surface area contributed by atoms with Crippen LogP contribution in [0.25, 0.3) is 0 Å². The zero-order valence-electron chi connectivity index (χ0n) is 15.3. The van der Waals surface area contributed by atoms with Gasteiger partial charge < -0.3 is 5.21 Å². The highest BCUT2D eigenvalue weighted by molar-refractivity contribution is 5.62. The summed E-state index contributed by atoms with van der Waals surface area (Å²) >= 11 is 0. The van der Waals surface area contributed by atoms with Crippen LogP contribution in [0, 0.1) is 46.3 Å². The maximum atomic E-state index is 9.05. The molecule has 0 aromatic rings. The Kier molecular flexibility index (Phi) is 3.81. The standard InChI is InChI=1S/C21H35NO/c1-14-8-10-20(2)15(12-14)4-6-17-18-7-5-16(13-22-23)21(18,3)11-9-19(17)20/h13-19,23H,4-12H2,1-3H3/b22-13+. The van der Waals surface area contributed by atoms with Gasteiger partial charge in [0.15, 0.2) is 0 Å². The lowest BCUT2D eigenvalue weighted by Gasteiger charge is -2.61. The lowest BCUT2D eigenvalue weighted by atomic mass is 9.44. The maximum Gasteiger partial charge on any atom is 0.0472 e. The molecule has 2 heteroatoms. The first-order chi connectivity index (χ1) is 11.0. The highest BCUT2D eigenvalue weighted by Crippen LogP contribution is 2.67. The molecule has 0 radical (unpaired) electrons. The normalized spacial score (nSPS) is 56.1. The van der Waals surface area contributed by atoms with Crippen molar-refractivity contribution in [2.75, 3.05) is 0 Å². The Labute approximate surface area is 142 Å². The predicted molar refractivity (Wildman–Crippen MR) is 94.7 cm³/mol. The molecule has 0 spiro atoms. The summed E-state index contributed by atoms with van der Waals surface area (Å²) in [5.74, 6) is 5.25. The van der Waals surface area contributed by atoms with Gasteiger partial charge in [-0.3, -0.25) is 0 Å². The molecule has 130 valence electrons. The van der Waals surface area contributed by atoms with Crippen LogP contribution in [0.5, 0.6) is 0 Å². The van der Waals surface area contributed by atoms with Gasteiger partial charge in [0.05, 0.1) is 0 Å². The largest absolute Gasteiger partial charge is 0.411 e. The Hall–Kier alpha value is -0.530. The van der Waals surface area contributed by atoms with Crippen LogP contribution in [0.2, 0.25) is 0 Å². The first-order valence-electron chi connectivity index (χ1n) is 10.2. The predicted octanol–water partition coefficient (Wildman–Crippen LogP) is 5.74. The fourth-order valence-corrected chi connectivity index (χ4v) is 7.84. The molecule has 4 rings (SSSR count). The molecule has 2 nitrogen and oxygen atoms in total. The summed E-state index contributed by atoms with van der Waals surface area (Å²) in [6.07, 6.45) is 14.6. The molecule has 4 saturated carbocycles. The summed E-state index contributed by atoms with van der Waals surface area (Å²) in [4.78, 5) is 0. The molecule has 8 atom stereocenters. The summed E-state index contributed by atoms with van der Waals surface area (Å²) in [6, 6.07) is 0. The first kappa shape index (κ1) is 16.0. The minimum absolute atomic E-state index is 0.401. The van der Waals surface area contributed by atoms with Crippen LogP contribution >= 0.6 is 0 Å². The SMILES string of the molecule is CC1CCC2(C)C(CCC3C4CCC(/C=N/O)C4(C)CCC32)C1. The monoisotopic (exact) mass is 317 g/mol. The van der Waals surface area contributed by atoms with Gasteiger partial charge in [-0.25, -0.2) is 0 Å².